The van der Waals surface area contributed by atoms with Crippen LogP contribution < -0.4 is 9.80 Å². The van der Waals surface area contributed by atoms with Crippen molar-refractivity contribution in [1.29, 1.82) is 0 Å². The Morgan fingerprint density at radius 3 is 1.61 bits per heavy atom. The van der Waals surface area contributed by atoms with E-state index in [1.807, 2.05) is 37.3 Å². The van der Waals surface area contributed by atoms with Crippen molar-refractivity contribution in [3.63, 3.8) is 0 Å². The van der Waals surface area contributed by atoms with Crippen LogP contribution in [0.15, 0.2) is 75.1 Å². The van der Waals surface area contributed by atoms with Gasteiger partial charge >= 0.3 is 11.9 Å². The number of carbonyl (C=O) groups excluding carboxylic acids is 3. The molecule has 0 spiro atoms. The zero-order valence-electron chi connectivity index (χ0n) is 38.9. The molecule has 17 heteroatoms. The summed E-state index contributed by atoms with van der Waals surface area (Å²) in [5.74, 6) is 0.608. The number of rotatable bonds is 16. The van der Waals surface area contributed by atoms with Gasteiger partial charge in [-0.2, -0.15) is 0 Å². The minimum absolute atomic E-state index is 0.0517. The van der Waals surface area contributed by atoms with E-state index in [0.717, 1.165) is 119 Å². The van der Waals surface area contributed by atoms with Crippen LogP contribution in [0.1, 0.15) is 124 Å². The molecule has 0 saturated heterocycles. The molecule has 2 aromatic carbocycles. The van der Waals surface area contributed by atoms with Crippen molar-refractivity contribution in [2.24, 2.45) is 32.3 Å². The molecule has 0 unspecified atom stereocenters. The van der Waals surface area contributed by atoms with E-state index >= 15 is 0 Å². The molecule has 4 aromatic heterocycles. The minimum atomic E-state index is -0.296. The molecule has 8 rings (SSSR count). The van der Waals surface area contributed by atoms with Gasteiger partial charge in [-0.3, -0.25) is 4.79 Å². The van der Waals surface area contributed by atoms with Crippen molar-refractivity contribution >= 4 is 115 Å². The summed E-state index contributed by atoms with van der Waals surface area (Å²) in [6, 6.07) is 17.9. The molecule has 2 fully saturated rings. The number of aromatic nitrogens is 2. The lowest BCUT2D eigenvalue weighted by atomic mass is 9.85. The molecule has 0 radical (unpaired) electrons. The summed E-state index contributed by atoms with van der Waals surface area (Å²) in [7, 11) is 0. The lowest BCUT2D eigenvalue weighted by Crippen LogP contribution is -2.27. The second-order valence-electron chi connectivity index (χ2n) is 16.7. The SMILES string of the molecule is CCC1CCC(OC(=O)c2cc3sc(N=Nc4ccc(N(CC)CC)cc4)nc3s2)CC1.CCN(CC)c1ccc(N=Nc2nc3sc(C(=O)OC4CCC(C(C)=O)CC4)c(C)c3s2)cc1. The van der Waals surface area contributed by atoms with Crippen LogP contribution in [0.5, 0.6) is 0 Å². The number of thiazole rings is 2. The highest BCUT2D eigenvalue weighted by molar-refractivity contribution is 7.30. The van der Waals surface area contributed by atoms with Crippen LogP contribution in [0.25, 0.3) is 19.1 Å². The predicted octanol–water partition coefficient (Wildman–Crippen LogP) is 15.0. The van der Waals surface area contributed by atoms with Gasteiger partial charge in [0, 0.05) is 43.5 Å². The first-order valence-electron chi connectivity index (χ1n) is 23.2. The number of ketones is 1. The van der Waals surface area contributed by atoms with Gasteiger partial charge in [0.1, 0.15) is 37.4 Å². The van der Waals surface area contributed by atoms with Crippen LogP contribution in [-0.2, 0) is 14.3 Å². The average Bonchev–Trinajstić information content (AvgIpc) is 4.11. The Kier molecular flexibility index (Phi) is 17.2. The molecule has 6 aromatic rings. The second-order valence-corrected chi connectivity index (χ2v) is 20.7. The molecule has 0 bridgehead atoms. The number of benzene rings is 2. The van der Waals surface area contributed by atoms with E-state index in [0.29, 0.717) is 20.0 Å². The zero-order chi connectivity index (χ0) is 46.7. The molecule has 13 nitrogen and oxygen atoms in total. The van der Waals surface area contributed by atoms with Gasteiger partial charge in [0.2, 0.25) is 10.3 Å². The van der Waals surface area contributed by atoms with Gasteiger partial charge in [-0.25, -0.2) is 19.6 Å². The van der Waals surface area contributed by atoms with Crippen LogP contribution in [-0.4, -0.2) is 66.1 Å². The first-order chi connectivity index (χ1) is 32.0. The number of azo groups is 2. The standard InChI is InChI=1S/C25H30N4O3S2.C24H30N4O2S2/c1-5-29(6-2)19-11-9-18(10-12-19)27-28-25-26-23-21(34-25)15(3)22(33-23)24(31)32-20-13-7-17(8-14-20)16(4)30;1-4-16-7-13-19(14-8-16)30-23(29)21-15-20-22(31-21)25-24(32-20)27-26-17-9-11-18(12-10-17)28(5-2)6-3/h9-12,17,20H,5-8,13-14H2,1-4H3;9-12,15-16,19H,4-8,13-14H2,1-3H3. The highest BCUT2D eigenvalue weighted by Gasteiger charge is 2.29. The van der Waals surface area contributed by atoms with Gasteiger partial charge in [-0.05, 0) is 159 Å². The molecule has 2 saturated carbocycles. The summed E-state index contributed by atoms with van der Waals surface area (Å²) < 4.78 is 13.4. The van der Waals surface area contributed by atoms with Crippen molar-refractivity contribution in [2.45, 2.75) is 118 Å². The molecule has 2 aliphatic rings. The number of aryl methyl sites for hydroxylation is 1. The Balaban J connectivity index is 0.000000197. The van der Waals surface area contributed by atoms with Gasteiger partial charge < -0.3 is 19.3 Å². The topological polar surface area (TPSA) is 151 Å². The molecule has 4 heterocycles. The maximum atomic E-state index is 12.8. The maximum Gasteiger partial charge on any atom is 0.348 e. The molecule has 350 valence electrons. The fourth-order valence-corrected chi connectivity index (χ4v) is 12.5. The van der Waals surface area contributed by atoms with Crippen LogP contribution in [0.4, 0.5) is 33.0 Å². The van der Waals surface area contributed by atoms with Crippen molar-refractivity contribution < 1.29 is 23.9 Å². The third-order valence-electron chi connectivity index (χ3n) is 12.6. The number of hydrogen-bond acceptors (Lipinski definition) is 17. The van der Waals surface area contributed by atoms with E-state index in [2.05, 4.69) is 99.1 Å². The number of anilines is 2. The first-order valence-corrected chi connectivity index (χ1v) is 26.5. The van der Waals surface area contributed by atoms with Gasteiger partial charge in [-0.1, -0.05) is 36.0 Å². The van der Waals surface area contributed by atoms with E-state index in [4.69, 9.17) is 9.47 Å². The molecular formula is C49H60N8O5S4. The van der Waals surface area contributed by atoms with Gasteiger partial charge in [0.15, 0.2) is 0 Å². The lowest BCUT2D eigenvalue weighted by Gasteiger charge is -2.27. The van der Waals surface area contributed by atoms with Crippen molar-refractivity contribution in [3.8, 4) is 0 Å². The van der Waals surface area contributed by atoms with Crippen molar-refractivity contribution in [3.05, 3.63) is 69.9 Å². The summed E-state index contributed by atoms with van der Waals surface area (Å²) in [6.07, 6.45) is 8.48. The Labute approximate surface area is 403 Å². The zero-order valence-corrected chi connectivity index (χ0v) is 42.2. The highest BCUT2D eigenvalue weighted by Crippen LogP contribution is 2.40. The summed E-state index contributed by atoms with van der Waals surface area (Å²) in [6.45, 7) is 18.2. The van der Waals surface area contributed by atoms with E-state index in [1.165, 1.54) is 63.1 Å². The van der Waals surface area contributed by atoms with Crippen LogP contribution in [0, 0.1) is 18.8 Å². The Morgan fingerprint density at radius 2 is 1.12 bits per heavy atom. The molecular weight excluding hydrogens is 909 g/mol. The van der Waals surface area contributed by atoms with Crippen LogP contribution in [0.3, 0.4) is 0 Å². The second kappa shape index (κ2) is 23.2. The van der Waals surface area contributed by atoms with Crippen LogP contribution in [0.2, 0.25) is 0 Å². The van der Waals surface area contributed by atoms with E-state index in [9.17, 15) is 14.4 Å². The molecule has 2 aliphatic carbocycles. The number of hydrogen-bond donors (Lipinski definition) is 0. The highest BCUT2D eigenvalue weighted by atomic mass is 32.1. The quantitative estimate of drug-likeness (QED) is 0.0681. The summed E-state index contributed by atoms with van der Waals surface area (Å²) in [5, 5.41) is 18.4. The Bertz CT molecular complexity index is 2580. The summed E-state index contributed by atoms with van der Waals surface area (Å²) in [5.41, 5.74) is 4.79. The maximum absolute atomic E-state index is 12.8. The Hall–Kier alpha value is -4.97. The fourth-order valence-electron chi connectivity index (χ4n) is 8.48. The van der Waals surface area contributed by atoms with Crippen molar-refractivity contribution in [1.82, 2.24) is 9.97 Å². The molecule has 0 atom stereocenters. The fraction of sp³-hybridized carbons (Fsp3) is 0.490. The summed E-state index contributed by atoms with van der Waals surface area (Å²) in [4.78, 5) is 53.4. The minimum Gasteiger partial charge on any atom is -0.458 e. The molecule has 0 amide bonds. The van der Waals surface area contributed by atoms with E-state index in [-0.39, 0.29) is 35.8 Å². The number of Topliss-reactive ketones (excluding diaryl/α,β-unsaturated/α-hetero) is 1. The summed E-state index contributed by atoms with van der Waals surface area (Å²) >= 11 is 5.59. The normalized spacial score (nSPS) is 18.7. The number of thiophene rings is 2. The number of nitrogens with zero attached hydrogens (tertiary/aromatic N) is 8. The monoisotopic (exact) mass is 968 g/mol. The largest absolute Gasteiger partial charge is 0.458 e. The molecule has 66 heavy (non-hydrogen) atoms. The van der Waals surface area contributed by atoms with E-state index in [1.54, 1.807) is 6.92 Å². The average molecular weight is 969 g/mol. The number of ether oxygens (including phenoxy) is 2. The number of fused-ring (bicyclic) bond motifs is 2. The van der Waals surface area contributed by atoms with E-state index < -0.39 is 0 Å². The lowest BCUT2D eigenvalue weighted by molar-refractivity contribution is -0.122. The Morgan fingerprint density at radius 1 is 0.621 bits per heavy atom. The first kappa shape index (κ1) is 48.9. The molecule has 0 aliphatic heterocycles. The van der Waals surface area contributed by atoms with Gasteiger partial charge in [0.25, 0.3) is 0 Å². The number of carbonyl (C=O) groups is 3. The number of esters is 2. The third kappa shape index (κ3) is 12.3. The third-order valence-corrected chi connectivity index (χ3v) is 16.9. The van der Waals surface area contributed by atoms with Gasteiger partial charge in [-0.15, -0.1) is 43.1 Å². The smallest absolute Gasteiger partial charge is 0.348 e. The molecule has 0 N–H and O–H groups in total. The van der Waals surface area contributed by atoms with Crippen LogP contribution >= 0.6 is 45.3 Å². The van der Waals surface area contributed by atoms with Gasteiger partial charge in [0.05, 0.1) is 20.8 Å². The predicted molar refractivity (Wildman–Crippen MR) is 271 cm³/mol. The van der Waals surface area contributed by atoms with Crippen molar-refractivity contribution in [2.75, 3.05) is 36.0 Å².